The monoisotopic (exact) mass is 230 g/mol. The Balaban J connectivity index is 2.41. The molecule has 0 bridgehead atoms. The number of allylic oxidation sites excluding steroid dienone is 2. The first-order valence-electron chi connectivity index (χ1n) is 5.84. The minimum absolute atomic E-state index is 0.0726. The fourth-order valence-electron chi connectivity index (χ4n) is 2.13. The summed E-state index contributed by atoms with van der Waals surface area (Å²) in [5, 5.41) is 0. The van der Waals surface area contributed by atoms with Gasteiger partial charge in [0, 0.05) is 12.0 Å². The van der Waals surface area contributed by atoms with Crippen LogP contribution < -0.4 is 4.74 Å². The van der Waals surface area contributed by atoms with E-state index in [-0.39, 0.29) is 11.2 Å². The molecule has 0 saturated carbocycles. The lowest BCUT2D eigenvalue weighted by Crippen LogP contribution is -2.26. The average molecular weight is 230 g/mol. The normalized spacial score (nSPS) is 15.9. The third-order valence-electron chi connectivity index (χ3n) is 3.20. The van der Waals surface area contributed by atoms with Crippen LogP contribution in [0.4, 0.5) is 0 Å². The van der Waals surface area contributed by atoms with Crippen molar-refractivity contribution in [2.24, 2.45) is 5.41 Å². The van der Waals surface area contributed by atoms with Gasteiger partial charge in [-0.3, -0.25) is 4.79 Å². The highest BCUT2D eigenvalue weighted by molar-refractivity contribution is 6.29. The summed E-state index contributed by atoms with van der Waals surface area (Å²) in [4.78, 5) is 11.8. The number of hydrogen-bond acceptors (Lipinski definition) is 2. The van der Waals surface area contributed by atoms with Crippen LogP contribution in [0.2, 0.25) is 0 Å². The molecule has 2 heteroatoms. The molecule has 1 aliphatic rings. The quantitative estimate of drug-likeness (QED) is 0.777. The molecule has 17 heavy (non-hydrogen) atoms. The van der Waals surface area contributed by atoms with Crippen molar-refractivity contribution in [2.45, 2.75) is 27.2 Å². The summed E-state index contributed by atoms with van der Waals surface area (Å²) in [7, 11) is 1.64. The lowest BCUT2D eigenvalue weighted by atomic mass is 9.70. The maximum atomic E-state index is 11.8. The van der Waals surface area contributed by atoms with Gasteiger partial charge in [0.1, 0.15) is 5.75 Å². The van der Waals surface area contributed by atoms with Crippen LogP contribution in [0.5, 0.6) is 5.75 Å². The van der Waals surface area contributed by atoms with Crippen molar-refractivity contribution >= 4 is 11.4 Å². The summed E-state index contributed by atoms with van der Waals surface area (Å²) >= 11 is 0. The molecule has 0 spiro atoms. The molecule has 0 amide bonds. The second-order valence-electron chi connectivity index (χ2n) is 5.43. The second-order valence-corrected chi connectivity index (χ2v) is 5.43. The Labute approximate surface area is 102 Å². The molecule has 1 aromatic carbocycles. The van der Waals surface area contributed by atoms with Crippen molar-refractivity contribution in [3.63, 3.8) is 0 Å². The first-order valence-corrected chi connectivity index (χ1v) is 5.84. The van der Waals surface area contributed by atoms with Gasteiger partial charge in [0.05, 0.1) is 7.11 Å². The molecule has 0 fully saturated rings. The molecule has 0 aliphatic heterocycles. The van der Waals surface area contributed by atoms with Crippen LogP contribution in [0.3, 0.4) is 0 Å². The number of carbonyl (C=O) groups is 1. The van der Waals surface area contributed by atoms with Gasteiger partial charge >= 0.3 is 0 Å². The minimum Gasteiger partial charge on any atom is -0.497 e. The Morgan fingerprint density at radius 1 is 1.12 bits per heavy atom. The van der Waals surface area contributed by atoms with E-state index in [1.807, 2.05) is 24.3 Å². The van der Waals surface area contributed by atoms with E-state index in [2.05, 4.69) is 20.8 Å². The van der Waals surface area contributed by atoms with Gasteiger partial charge in [0.15, 0.2) is 5.78 Å². The van der Waals surface area contributed by atoms with Gasteiger partial charge in [-0.1, -0.05) is 32.9 Å². The molecule has 0 heterocycles. The zero-order valence-corrected chi connectivity index (χ0v) is 10.8. The van der Waals surface area contributed by atoms with Gasteiger partial charge in [-0.25, -0.2) is 0 Å². The van der Waals surface area contributed by atoms with Crippen molar-refractivity contribution < 1.29 is 9.53 Å². The van der Waals surface area contributed by atoms with E-state index in [0.717, 1.165) is 16.9 Å². The van der Waals surface area contributed by atoms with Gasteiger partial charge in [0.25, 0.3) is 0 Å². The minimum atomic E-state index is 0.0726. The molecule has 1 aromatic rings. The Hall–Kier alpha value is -1.57. The Kier molecular flexibility index (Phi) is 2.82. The zero-order valence-electron chi connectivity index (χ0n) is 10.8. The van der Waals surface area contributed by atoms with E-state index in [4.69, 9.17) is 4.74 Å². The van der Waals surface area contributed by atoms with Crippen molar-refractivity contribution in [2.75, 3.05) is 7.11 Å². The molecule has 0 radical (unpaired) electrons. The van der Waals surface area contributed by atoms with Crippen molar-refractivity contribution in [3.05, 3.63) is 35.4 Å². The zero-order chi connectivity index (χ0) is 12.6. The topological polar surface area (TPSA) is 26.3 Å². The third kappa shape index (κ3) is 2.12. The van der Waals surface area contributed by atoms with Crippen LogP contribution in [-0.4, -0.2) is 12.9 Å². The SMILES string of the molecule is COc1ccc(C2=C(C(C)(C)C)CC2=O)cc1. The fourth-order valence-corrected chi connectivity index (χ4v) is 2.13. The number of Topliss-reactive ketones (excluding diaryl/α,β-unsaturated/α-hetero) is 1. The average Bonchev–Trinajstić information content (AvgIpc) is 2.25. The summed E-state index contributed by atoms with van der Waals surface area (Å²) in [5.74, 6) is 1.07. The lowest BCUT2D eigenvalue weighted by molar-refractivity contribution is -0.114. The van der Waals surface area contributed by atoms with Crippen LogP contribution >= 0.6 is 0 Å². The number of methoxy groups -OCH3 is 1. The smallest absolute Gasteiger partial charge is 0.167 e. The van der Waals surface area contributed by atoms with Crippen LogP contribution in [-0.2, 0) is 4.79 Å². The van der Waals surface area contributed by atoms with Crippen LogP contribution in [0, 0.1) is 5.41 Å². The van der Waals surface area contributed by atoms with Gasteiger partial charge < -0.3 is 4.74 Å². The predicted molar refractivity (Wildman–Crippen MR) is 69.0 cm³/mol. The van der Waals surface area contributed by atoms with E-state index in [9.17, 15) is 4.79 Å². The largest absolute Gasteiger partial charge is 0.497 e. The van der Waals surface area contributed by atoms with Gasteiger partial charge in [-0.05, 0) is 28.7 Å². The number of rotatable bonds is 2. The second kappa shape index (κ2) is 4.02. The summed E-state index contributed by atoms with van der Waals surface area (Å²) in [6.45, 7) is 6.45. The Morgan fingerprint density at radius 3 is 2.12 bits per heavy atom. The van der Waals surface area contributed by atoms with Gasteiger partial charge in [-0.15, -0.1) is 0 Å². The maximum Gasteiger partial charge on any atom is 0.167 e. The highest BCUT2D eigenvalue weighted by Gasteiger charge is 2.34. The van der Waals surface area contributed by atoms with E-state index in [1.54, 1.807) is 7.11 Å². The molecule has 0 aromatic heterocycles. The molecule has 0 N–H and O–H groups in total. The van der Waals surface area contributed by atoms with Crippen LogP contribution in [0.25, 0.3) is 5.57 Å². The summed E-state index contributed by atoms with van der Waals surface area (Å²) in [6, 6.07) is 7.70. The third-order valence-corrected chi connectivity index (χ3v) is 3.20. The standard InChI is InChI=1S/C15H18O2/c1-15(2,3)12-9-13(16)14(12)10-5-7-11(17-4)8-6-10/h5-8H,9H2,1-4H3. The van der Waals surface area contributed by atoms with E-state index >= 15 is 0 Å². The number of ketones is 1. The van der Waals surface area contributed by atoms with Crippen LogP contribution in [0.1, 0.15) is 32.8 Å². The van der Waals surface area contributed by atoms with E-state index in [1.165, 1.54) is 5.57 Å². The highest BCUT2D eigenvalue weighted by atomic mass is 16.5. The number of hydrogen-bond donors (Lipinski definition) is 0. The van der Waals surface area contributed by atoms with Crippen molar-refractivity contribution in [1.29, 1.82) is 0 Å². The van der Waals surface area contributed by atoms with E-state index in [0.29, 0.717) is 6.42 Å². The molecule has 2 nitrogen and oxygen atoms in total. The fraction of sp³-hybridized carbons (Fsp3) is 0.400. The number of benzene rings is 1. The Morgan fingerprint density at radius 2 is 1.71 bits per heavy atom. The first kappa shape index (κ1) is 11.9. The van der Waals surface area contributed by atoms with Gasteiger partial charge in [-0.2, -0.15) is 0 Å². The molecule has 0 unspecified atom stereocenters. The highest BCUT2D eigenvalue weighted by Crippen LogP contribution is 2.43. The summed E-state index contributed by atoms with van der Waals surface area (Å²) in [5.41, 5.74) is 3.24. The molecular formula is C15H18O2. The maximum absolute atomic E-state index is 11.8. The summed E-state index contributed by atoms with van der Waals surface area (Å²) < 4.78 is 5.12. The first-order chi connectivity index (χ1) is 7.93. The van der Waals surface area contributed by atoms with Gasteiger partial charge in [0.2, 0.25) is 0 Å². The van der Waals surface area contributed by atoms with Crippen molar-refractivity contribution in [3.8, 4) is 5.75 Å². The predicted octanol–water partition coefficient (Wildman–Crippen LogP) is 3.47. The molecule has 0 saturated heterocycles. The molecular weight excluding hydrogens is 212 g/mol. The molecule has 2 rings (SSSR count). The van der Waals surface area contributed by atoms with Crippen LogP contribution in [0.15, 0.2) is 29.8 Å². The number of ether oxygens (including phenoxy) is 1. The van der Waals surface area contributed by atoms with E-state index < -0.39 is 0 Å². The molecule has 90 valence electrons. The number of carbonyl (C=O) groups excluding carboxylic acids is 1. The molecule has 1 aliphatic carbocycles. The summed E-state index contributed by atoms with van der Waals surface area (Å²) in [6.07, 6.45) is 0.602. The molecule has 0 atom stereocenters. The Bertz CT molecular complexity index is 473. The van der Waals surface area contributed by atoms with Crippen molar-refractivity contribution in [1.82, 2.24) is 0 Å². The lowest BCUT2D eigenvalue weighted by Gasteiger charge is -2.33.